The van der Waals surface area contributed by atoms with Gasteiger partial charge < -0.3 is 4.74 Å². The molecule has 126 valence electrons. The zero-order valence-corrected chi connectivity index (χ0v) is 14.7. The molecule has 3 heteroatoms. The van der Waals surface area contributed by atoms with Crippen molar-refractivity contribution in [2.24, 2.45) is 16.7 Å². The van der Waals surface area contributed by atoms with Gasteiger partial charge >= 0.3 is 5.97 Å². The van der Waals surface area contributed by atoms with Crippen LogP contribution >= 0.6 is 0 Å². The Morgan fingerprint density at radius 1 is 1.17 bits per heavy atom. The molecular formula is C20H28O3. The first kappa shape index (κ1) is 17.7. The molecule has 2 rings (SSSR count). The minimum Gasteiger partial charge on any atom is -0.458 e. The Labute approximate surface area is 139 Å². The summed E-state index contributed by atoms with van der Waals surface area (Å²) in [5, 5.41) is 0. The largest absolute Gasteiger partial charge is 0.458 e. The van der Waals surface area contributed by atoms with Crippen LogP contribution in [0.2, 0.25) is 0 Å². The van der Waals surface area contributed by atoms with Crippen molar-refractivity contribution in [3.05, 3.63) is 35.9 Å². The molecule has 0 aliphatic heterocycles. The lowest BCUT2D eigenvalue weighted by Crippen LogP contribution is -2.42. The van der Waals surface area contributed by atoms with E-state index in [1.165, 1.54) is 0 Å². The second kappa shape index (κ2) is 6.86. The molecule has 23 heavy (non-hydrogen) atoms. The number of Topliss-reactive ketones (excluding diaryl/α,β-unsaturated/α-hetero) is 1. The Morgan fingerprint density at radius 3 is 2.39 bits per heavy atom. The summed E-state index contributed by atoms with van der Waals surface area (Å²) in [6.07, 6.45) is 2.89. The van der Waals surface area contributed by atoms with Crippen LogP contribution < -0.4 is 0 Å². The Morgan fingerprint density at radius 2 is 1.83 bits per heavy atom. The minimum atomic E-state index is -0.397. The molecule has 3 nitrogen and oxygen atoms in total. The van der Waals surface area contributed by atoms with Gasteiger partial charge in [0.15, 0.2) is 12.4 Å². The van der Waals surface area contributed by atoms with Crippen molar-refractivity contribution in [3.8, 4) is 0 Å². The summed E-state index contributed by atoms with van der Waals surface area (Å²) in [6.45, 7) is 8.43. The molecule has 0 bridgehead atoms. The third-order valence-electron chi connectivity index (χ3n) is 6.17. The molecule has 0 unspecified atom stereocenters. The Balaban J connectivity index is 1.83. The van der Waals surface area contributed by atoms with Crippen LogP contribution in [0.15, 0.2) is 30.3 Å². The average Bonchev–Trinajstić information content (AvgIpc) is 2.75. The minimum absolute atomic E-state index is 0.0550. The third-order valence-corrected chi connectivity index (χ3v) is 6.17. The number of ketones is 1. The van der Waals surface area contributed by atoms with Crippen molar-refractivity contribution >= 4 is 11.8 Å². The van der Waals surface area contributed by atoms with E-state index in [0.717, 1.165) is 18.4 Å². The zero-order chi connectivity index (χ0) is 17.1. The first-order chi connectivity index (χ1) is 10.8. The SMILES string of the molecule is C[C@H]1CC[C@@](C)(C(=O)COC(=O)CCc2ccccc2)C1(C)C. The lowest BCUT2D eigenvalue weighted by molar-refractivity contribution is -0.152. The third kappa shape index (κ3) is 3.65. The number of aryl methyl sites for hydroxylation is 1. The maximum Gasteiger partial charge on any atom is 0.306 e. The molecule has 0 radical (unpaired) electrons. The van der Waals surface area contributed by atoms with Crippen molar-refractivity contribution < 1.29 is 14.3 Å². The molecule has 0 heterocycles. The van der Waals surface area contributed by atoms with Crippen LogP contribution in [0, 0.1) is 16.7 Å². The number of rotatable bonds is 6. The molecule has 0 saturated heterocycles. The molecule has 0 aromatic heterocycles. The molecular weight excluding hydrogens is 288 g/mol. The van der Waals surface area contributed by atoms with Crippen LogP contribution in [0.25, 0.3) is 0 Å². The monoisotopic (exact) mass is 316 g/mol. The number of hydrogen-bond acceptors (Lipinski definition) is 3. The van der Waals surface area contributed by atoms with Crippen molar-refractivity contribution in [1.29, 1.82) is 0 Å². The fourth-order valence-electron chi connectivity index (χ4n) is 3.50. The van der Waals surface area contributed by atoms with Gasteiger partial charge in [-0.2, -0.15) is 0 Å². The fourth-order valence-corrected chi connectivity index (χ4v) is 3.50. The Bertz CT molecular complexity index is 562. The van der Waals surface area contributed by atoms with Crippen LogP contribution in [-0.2, 0) is 20.7 Å². The van der Waals surface area contributed by atoms with Gasteiger partial charge in [-0.1, -0.05) is 58.0 Å². The number of esters is 1. The van der Waals surface area contributed by atoms with Crippen LogP contribution in [0.3, 0.4) is 0 Å². The Hall–Kier alpha value is -1.64. The van der Waals surface area contributed by atoms with E-state index in [4.69, 9.17) is 4.74 Å². The number of carbonyl (C=O) groups excluding carboxylic acids is 2. The number of ether oxygens (including phenoxy) is 1. The van der Waals surface area contributed by atoms with Crippen LogP contribution in [0.1, 0.15) is 52.5 Å². The molecule has 0 N–H and O–H groups in total. The van der Waals surface area contributed by atoms with Crippen molar-refractivity contribution in [2.75, 3.05) is 6.61 Å². The van der Waals surface area contributed by atoms with Gasteiger partial charge in [-0.05, 0) is 36.2 Å². The number of benzene rings is 1. The van der Waals surface area contributed by atoms with E-state index in [2.05, 4.69) is 20.8 Å². The van der Waals surface area contributed by atoms with Gasteiger partial charge in [-0.25, -0.2) is 0 Å². The van der Waals surface area contributed by atoms with Gasteiger partial charge in [0.1, 0.15) is 0 Å². The normalized spacial score (nSPS) is 26.0. The molecule has 1 fully saturated rings. The molecule has 1 saturated carbocycles. The van der Waals surface area contributed by atoms with Gasteiger partial charge in [-0.15, -0.1) is 0 Å². The summed E-state index contributed by atoms with van der Waals surface area (Å²) in [5.41, 5.74) is 0.653. The summed E-state index contributed by atoms with van der Waals surface area (Å²) in [4.78, 5) is 24.5. The predicted molar refractivity (Wildman–Crippen MR) is 91.0 cm³/mol. The second-order valence-corrected chi connectivity index (χ2v) is 7.56. The van der Waals surface area contributed by atoms with E-state index < -0.39 is 5.41 Å². The molecule has 1 aromatic carbocycles. The van der Waals surface area contributed by atoms with Gasteiger partial charge in [0.2, 0.25) is 0 Å². The molecule has 1 aliphatic rings. The van der Waals surface area contributed by atoms with Gasteiger partial charge in [-0.3, -0.25) is 9.59 Å². The molecule has 1 aromatic rings. The van der Waals surface area contributed by atoms with Crippen molar-refractivity contribution in [1.82, 2.24) is 0 Å². The van der Waals surface area contributed by atoms with E-state index in [9.17, 15) is 9.59 Å². The summed E-state index contributed by atoms with van der Waals surface area (Å²) in [6, 6.07) is 9.83. The lowest BCUT2D eigenvalue weighted by atomic mass is 9.64. The maximum absolute atomic E-state index is 12.6. The Kier molecular flexibility index (Phi) is 5.28. The van der Waals surface area contributed by atoms with Crippen LogP contribution in [0.4, 0.5) is 0 Å². The van der Waals surface area contributed by atoms with E-state index in [1.807, 2.05) is 37.3 Å². The van der Waals surface area contributed by atoms with Crippen molar-refractivity contribution in [2.45, 2.75) is 53.4 Å². The van der Waals surface area contributed by atoms with Crippen molar-refractivity contribution in [3.63, 3.8) is 0 Å². The first-order valence-corrected chi connectivity index (χ1v) is 8.50. The van der Waals surface area contributed by atoms with Crippen LogP contribution in [0.5, 0.6) is 0 Å². The van der Waals surface area contributed by atoms with Gasteiger partial charge in [0.05, 0.1) is 0 Å². The summed E-state index contributed by atoms with van der Waals surface area (Å²) in [5.74, 6) is 0.264. The lowest BCUT2D eigenvalue weighted by Gasteiger charge is -2.39. The summed E-state index contributed by atoms with van der Waals surface area (Å²) >= 11 is 0. The topological polar surface area (TPSA) is 43.4 Å². The van der Waals surface area contributed by atoms with E-state index >= 15 is 0 Å². The predicted octanol–water partition coefficient (Wildman–Crippen LogP) is 4.19. The standard InChI is InChI=1S/C20H28O3/c1-15-12-13-20(4,19(15,2)3)17(21)14-23-18(22)11-10-16-8-6-5-7-9-16/h5-9,15H,10-14H2,1-4H3/t15-,20-/m0/s1. The van der Waals surface area contributed by atoms with Crippen LogP contribution in [-0.4, -0.2) is 18.4 Å². The summed E-state index contributed by atoms with van der Waals surface area (Å²) in [7, 11) is 0. The zero-order valence-electron chi connectivity index (χ0n) is 14.7. The highest BCUT2D eigenvalue weighted by molar-refractivity contribution is 5.88. The molecule has 2 atom stereocenters. The van der Waals surface area contributed by atoms with Gasteiger partial charge in [0.25, 0.3) is 0 Å². The fraction of sp³-hybridized carbons (Fsp3) is 0.600. The smallest absolute Gasteiger partial charge is 0.306 e. The molecule has 1 aliphatic carbocycles. The van der Waals surface area contributed by atoms with E-state index in [0.29, 0.717) is 18.8 Å². The first-order valence-electron chi connectivity index (χ1n) is 8.50. The molecule has 0 amide bonds. The quantitative estimate of drug-likeness (QED) is 0.739. The highest BCUT2D eigenvalue weighted by Gasteiger charge is 2.53. The second-order valence-electron chi connectivity index (χ2n) is 7.56. The molecule has 0 spiro atoms. The maximum atomic E-state index is 12.6. The summed E-state index contributed by atoms with van der Waals surface area (Å²) < 4.78 is 5.24. The van der Waals surface area contributed by atoms with E-state index in [-0.39, 0.29) is 23.8 Å². The highest BCUT2D eigenvalue weighted by atomic mass is 16.5. The number of hydrogen-bond donors (Lipinski definition) is 0. The average molecular weight is 316 g/mol. The number of carbonyl (C=O) groups is 2. The highest BCUT2D eigenvalue weighted by Crippen LogP contribution is 2.56. The van der Waals surface area contributed by atoms with Gasteiger partial charge in [0, 0.05) is 11.8 Å². The van der Waals surface area contributed by atoms with E-state index in [1.54, 1.807) is 0 Å².